The summed E-state index contributed by atoms with van der Waals surface area (Å²) in [6, 6.07) is 10.8. The highest BCUT2D eigenvalue weighted by Gasteiger charge is 2.19. The third kappa shape index (κ3) is 4.85. The molecular formula is C23H24N6O4S. The Kier molecular flexibility index (Phi) is 6.48. The van der Waals surface area contributed by atoms with Gasteiger partial charge in [-0.1, -0.05) is 6.92 Å². The summed E-state index contributed by atoms with van der Waals surface area (Å²) in [7, 11) is -3.87. The molecule has 2 aromatic heterocycles. The molecule has 6 N–H and O–H groups in total. The number of benzene rings is 2. The van der Waals surface area contributed by atoms with Crippen LogP contribution in [0.15, 0.2) is 64.5 Å². The molecule has 0 bridgehead atoms. The van der Waals surface area contributed by atoms with Crippen molar-refractivity contribution in [3.8, 4) is 17.1 Å². The van der Waals surface area contributed by atoms with Crippen molar-refractivity contribution in [2.24, 2.45) is 0 Å². The van der Waals surface area contributed by atoms with Crippen molar-refractivity contribution in [2.75, 3.05) is 18.1 Å². The molecule has 2 heterocycles. The smallest absolute Gasteiger partial charge is 0.259 e. The summed E-state index contributed by atoms with van der Waals surface area (Å²) in [5, 5.41) is 0.272. The van der Waals surface area contributed by atoms with E-state index >= 15 is 0 Å². The van der Waals surface area contributed by atoms with Crippen LogP contribution < -0.4 is 26.5 Å². The number of H-pyrrole nitrogens is 1. The zero-order valence-electron chi connectivity index (χ0n) is 18.4. The summed E-state index contributed by atoms with van der Waals surface area (Å²) in [5.74, 6) is 0.541. The number of aromatic nitrogens is 3. The van der Waals surface area contributed by atoms with Crippen LogP contribution in [-0.2, 0) is 16.6 Å². The summed E-state index contributed by atoms with van der Waals surface area (Å²) in [6.07, 6.45) is 3.91. The summed E-state index contributed by atoms with van der Waals surface area (Å²) < 4.78 is 34.3. The number of nitrogen functional groups attached to an aromatic ring is 2. The number of pyridine rings is 1. The quantitative estimate of drug-likeness (QED) is 0.279. The zero-order chi connectivity index (χ0) is 24.3. The van der Waals surface area contributed by atoms with Crippen LogP contribution >= 0.6 is 0 Å². The van der Waals surface area contributed by atoms with Gasteiger partial charge in [-0.3, -0.25) is 9.78 Å². The number of nitrogens with two attached hydrogens (primary N) is 2. The maximum absolute atomic E-state index is 13.0. The van der Waals surface area contributed by atoms with Gasteiger partial charge in [0.15, 0.2) is 0 Å². The van der Waals surface area contributed by atoms with Crippen molar-refractivity contribution in [3.05, 3.63) is 70.8 Å². The number of aromatic amines is 1. The molecule has 11 heteroatoms. The average molecular weight is 481 g/mol. The standard InChI is InChI=1S/C23H24N6O4S/c1-2-9-33-21-4-3-15(34(31,32)27-13-14-5-7-26-8-6-14)10-17(21)22-28-20-12-19(25)18(24)11-16(20)23(30)29-22/h3-8,10-12,27H,2,9,13,24-25H2,1H3,(H,28,29,30). The van der Waals surface area contributed by atoms with Crippen LogP contribution in [0.5, 0.6) is 5.75 Å². The van der Waals surface area contributed by atoms with Crippen molar-refractivity contribution in [3.63, 3.8) is 0 Å². The number of nitrogens with zero attached hydrogens (tertiary/aromatic N) is 2. The van der Waals surface area contributed by atoms with Crippen molar-refractivity contribution in [1.29, 1.82) is 0 Å². The molecule has 176 valence electrons. The highest BCUT2D eigenvalue weighted by atomic mass is 32.2. The van der Waals surface area contributed by atoms with Crippen molar-refractivity contribution in [1.82, 2.24) is 19.7 Å². The molecule has 0 aliphatic carbocycles. The lowest BCUT2D eigenvalue weighted by Crippen LogP contribution is -2.23. The maximum atomic E-state index is 13.0. The van der Waals surface area contributed by atoms with Gasteiger partial charge >= 0.3 is 0 Å². The van der Waals surface area contributed by atoms with E-state index in [0.717, 1.165) is 12.0 Å². The molecule has 34 heavy (non-hydrogen) atoms. The summed E-state index contributed by atoms with van der Waals surface area (Å²) in [5.41, 5.74) is 13.3. The number of sulfonamides is 1. The van der Waals surface area contributed by atoms with E-state index in [-0.39, 0.29) is 34.0 Å². The van der Waals surface area contributed by atoms with E-state index in [0.29, 0.717) is 23.4 Å². The number of hydrogen-bond donors (Lipinski definition) is 4. The number of anilines is 2. The van der Waals surface area contributed by atoms with Crippen LogP contribution in [0.25, 0.3) is 22.3 Å². The van der Waals surface area contributed by atoms with Crippen molar-refractivity contribution < 1.29 is 13.2 Å². The number of nitrogens with one attached hydrogen (secondary N) is 2. The third-order valence-electron chi connectivity index (χ3n) is 5.10. The topological polar surface area (TPSA) is 166 Å². The molecule has 10 nitrogen and oxygen atoms in total. The Labute approximate surface area is 196 Å². The van der Waals surface area contributed by atoms with E-state index in [2.05, 4.69) is 19.7 Å². The molecule has 0 aliphatic rings. The Morgan fingerprint density at radius 2 is 1.79 bits per heavy atom. The fourth-order valence-corrected chi connectivity index (χ4v) is 4.35. The Bertz CT molecular complexity index is 1500. The first-order chi connectivity index (χ1) is 16.3. The molecule has 0 saturated carbocycles. The number of ether oxygens (including phenoxy) is 1. The second-order valence-corrected chi connectivity index (χ2v) is 9.37. The molecule has 0 unspecified atom stereocenters. The lowest BCUT2D eigenvalue weighted by Gasteiger charge is -2.14. The monoisotopic (exact) mass is 480 g/mol. The van der Waals surface area contributed by atoms with Gasteiger partial charge in [0.05, 0.1) is 39.3 Å². The molecule has 0 saturated heterocycles. The van der Waals surface area contributed by atoms with E-state index < -0.39 is 15.6 Å². The van der Waals surface area contributed by atoms with Gasteiger partial charge in [0, 0.05) is 18.9 Å². The van der Waals surface area contributed by atoms with E-state index in [1.54, 1.807) is 30.6 Å². The van der Waals surface area contributed by atoms with Gasteiger partial charge < -0.3 is 21.2 Å². The minimum atomic E-state index is -3.87. The summed E-state index contributed by atoms with van der Waals surface area (Å²) >= 11 is 0. The predicted molar refractivity (Wildman–Crippen MR) is 131 cm³/mol. The van der Waals surface area contributed by atoms with Crippen LogP contribution in [0.2, 0.25) is 0 Å². The molecular weight excluding hydrogens is 456 g/mol. The van der Waals surface area contributed by atoms with Gasteiger partial charge in [0.25, 0.3) is 5.56 Å². The second-order valence-electron chi connectivity index (χ2n) is 7.60. The fraction of sp³-hybridized carbons (Fsp3) is 0.174. The largest absolute Gasteiger partial charge is 0.493 e. The molecule has 0 spiro atoms. The number of hydrogen-bond acceptors (Lipinski definition) is 8. The third-order valence-corrected chi connectivity index (χ3v) is 6.50. The molecule has 0 aliphatic heterocycles. The molecule has 4 aromatic rings. The average Bonchev–Trinajstić information content (AvgIpc) is 2.83. The molecule has 4 rings (SSSR count). The lowest BCUT2D eigenvalue weighted by atomic mass is 10.1. The van der Waals surface area contributed by atoms with Gasteiger partial charge in [-0.25, -0.2) is 18.1 Å². The van der Waals surface area contributed by atoms with E-state index in [9.17, 15) is 13.2 Å². The summed E-state index contributed by atoms with van der Waals surface area (Å²) in [6.45, 7) is 2.45. The lowest BCUT2D eigenvalue weighted by molar-refractivity contribution is 0.318. The van der Waals surface area contributed by atoms with Gasteiger partial charge in [-0.05, 0) is 54.4 Å². The summed E-state index contributed by atoms with van der Waals surface area (Å²) in [4.78, 5) is 23.9. The Morgan fingerprint density at radius 3 is 2.53 bits per heavy atom. The maximum Gasteiger partial charge on any atom is 0.259 e. The molecule has 2 aromatic carbocycles. The highest BCUT2D eigenvalue weighted by Crippen LogP contribution is 2.31. The zero-order valence-corrected chi connectivity index (χ0v) is 19.2. The van der Waals surface area contributed by atoms with Crippen LogP contribution in [0.1, 0.15) is 18.9 Å². The van der Waals surface area contributed by atoms with Gasteiger partial charge in [0.1, 0.15) is 11.6 Å². The first kappa shape index (κ1) is 23.2. The van der Waals surface area contributed by atoms with Crippen LogP contribution in [0.4, 0.5) is 11.4 Å². The molecule has 0 fully saturated rings. The fourth-order valence-electron chi connectivity index (χ4n) is 3.31. The minimum absolute atomic E-state index is 0.0000273. The first-order valence-corrected chi connectivity index (χ1v) is 12.0. The van der Waals surface area contributed by atoms with Crippen LogP contribution in [0.3, 0.4) is 0 Å². The molecule has 0 radical (unpaired) electrons. The van der Waals surface area contributed by atoms with Gasteiger partial charge in [-0.2, -0.15) is 0 Å². The molecule has 0 atom stereocenters. The predicted octanol–water partition coefficient (Wildman–Crippen LogP) is 2.42. The van der Waals surface area contributed by atoms with E-state index in [4.69, 9.17) is 16.2 Å². The van der Waals surface area contributed by atoms with Crippen molar-refractivity contribution in [2.45, 2.75) is 24.8 Å². The number of fused-ring (bicyclic) bond motifs is 1. The van der Waals surface area contributed by atoms with Crippen LogP contribution in [0, 0.1) is 0 Å². The Balaban J connectivity index is 1.78. The number of rotatable bonds is 8. The van der Waals surface area contributed by atoms with Gasteiger partial charge in [0.2, 0.25) is 10.0 Å². The van der Waals surface area contributed by atoms with E-state index in [1.165, 1.54) is 24.3 Å². The molecule has 0 amide bonds. The van der Waals surface area contributed by atoms with E-state index in [1.807, 2.05) is 6.92 Å². The Morgan fingerprint density at radius 1 is 1.06 bits per heavy atom. The van der Waals surface area contributed by atoms with Gasteiger partial charge in [-0.15, -0.1) is 0 Å². The Hall–Kier alpha value is -3.96. The van der Waals surface area contributed by atoms with Crippen molar-refractivity contribution >= 4 is 32.3 Å². The highest BCUT2D eigenvalue weighted by molar-refractivity contribution is 7.89. The SMILES string of the molecule is CCCOc1ccc(S(=O)(=O)NCc2ccncc2)cc1-c1nc2cc(N)c(N)cc2c(=O)[nH]1. The van der Waals surface area contributed by atoms with Crippen LogP contribution in [-0.4, -0.2) is 30.0 Å². The second kappa shape index (κ2) is 9.49. The first-order valence-electron chi connectivity index (χ1n) is 10.5. The normalized spacial score (nSPS) is 11.6. The minimum Gasteiger partial charge on any atom is -0.493 e.